The number of hydrogen-bond acceptors (Lipinski definition) is 4. The number of ether oxygens (including phenoxy) is 1. The number of aliphatic hydroxyl groups is 1. The number of aliphatic hydroxyl groups excluding tert-OH is 1. The minimum Gasteiger partial charge on any atom is -0.491 e. The summed E-state index contributed by atoms with van der Waals surface area (Å²) in [4.78, 5) is 11.0. The fourth-order valence-electron chi connectivity index (χ4n) is 2.10. The third-order valence-electron chi connectivity index (χ3n) is 3.37. The van der Waals surface area contributed by atoms with Crippen molar-refractivity contribution in [3.8, 4) is 5.75 Å². The number of amides is 1. The standard InChI is InChI=1S/C15H22N2O3/c1-11-2-5-14(6-3-11)20-10-13(18)9-16-12-4-7-15(19)17-8-12/h2-3,5-6,12-13,16,18H,4,7-10H2,1H3,(H,17,19). The van der Waals surface area contributed by atoms with Crippen LogP contribution in [0.5, 0.6) is 5.75 Å². The second-order valence-electron chi connectivity index (χ2n) is 5.23. The Morgan fingerprint density at radius 1 is 1.45 bits per heavy atom. The molecule has 1 fully saturated rings. The molecule has 5 nitrogen and oxygen atoms in total. The molecule has 1 heterocycles. The Labute approximate surface area is 119 Å². The summed E-state index contributed by atoms with van der Waals surface area (Å²) >= 11 is 0. The van der Waals surface area contributed by atoms with Crippen molar-refractivity contribution in [2.75, 3.05) is 19.7 Å². The van der Waals surface area contributed by atoms with Gasteiger partial charge < -0.3 is 20.5 Å². The number of aryl methyl sites for hydroxylation is 1. The van der Waals surface area contributed by atoms with Crippen LogP contribution >= 0.6 is 0 Å². The Morgan fingerprint density at radius 3 is 2.85 bits per heavy atom. The SMILES string of the molecule is Cc1ccc(OCC(O)CNC2CCC(=O)NC2)cc1. The zero-order valence-electron chi connectivity index (χ0n) is 11.8. The monoisotopic (exact) mass is 278 g/mol. The summed E-state index contributed by atoms with van der Waals surface area (Å²) in [7, 11) is 0. The predicted octanol–water partition coefficient (Wildman–Crippen LogP) is 0.603. The lowest BCUT2D eigenvalue weighted by Gasteiger charge is -2.24. The van der Waals surface area contributed by atoms with Gasteiger partial charge in [0.1, 0.15) is 18.5 Å². The lowest BCUT2D eigenvalue weighted by atomic mass is 10.1. The topological polar surface area (TPSA) is 70.6 Å². The molecule has 20 heavy (non-hydrogen) atoms. The number of rotatable bonds is 6. The molecule has 0 spiro atoms. The highest BCUT2D eigenvalue weighted by molar-refractivity contribution is 5.76. The van der Waals surface area contributed by atoms with Crippen LogP contribution in [0.2, 0.25) is 0 Å². The molecule has 3 N–H and O–H groups in total. The van der Waals surface area contributed by atoms with Crippen molar-refractivity contribution < 1.29 is 14.6 Å². The van der Waals surface area contributed by atoms with E-state index in [1.165, 1.54) is 5.56 Å². The first-order valence-electron chi connectivity index (χ1n) is 7.01. The van der Waals surface area contributed by atoms with E-state index in [1.807, 2.05) is 31.2 Å². The number of benzene rings is 1. The second-order valence-corrected chi connectivity index (χ2v) is 5.23. The highest BCUT2D eigenvalue weighted by Crippen LogP contribution is 2.11. The van der Waals surface area contributed by atoms with Gasteiger partial charge in [0.2, 0.25) is 5.91 Å². The fourth-order valence-corrected chi connectivity index (χ4v) is 2.10. The average Bonchev–Trinajstić information content (AvgIpc) is 2.46. The molecule has 1 aliphatic rings. The zero-order valence-corrected chi connectivity index (χ0v) is 11.8. The molecule has 1 amide bonds. The van der Waals surface area contributed by atoms with Crippen molar-refractivity contribution in [1.82, 2.24) is 10.6 Å². The highest BCUT2D eigenvalue weighted by Gasteiger charge is 2.18. The van der Waals surface area contributed by atoms with Gasteiger partial charge in [0, 0.05) is 25.6 Å². The van der Waals surface area contributed by atoms with E-state index in [0.717, 1.165) is 12.2 Å². The van der Waals surface area contributed by atoms with Gasteiger partial charge in [0.25, 0.3) is 0 Å². The Bertz CT molecular complexity index is 423. The average molecular weight is 278 g/mol. The summed E-state index contributed by atoms with van der Waals surface area (Å²) in [6, 6.07) is 7.98. The Kier molecular flexibility index (Phi) is 5.38. The molecule has 1 aromatic rings. The van der Waals surface area contributed by atoms with Crippen LogP contribution in [0, 0.1) is 6.92 Å². The van der Waals surface area contributed by atoms with Crippen LogP contribution in [-0.4, -0.2) is 42.9 Å². The van der Waals surface area contributed by atoms with Gasteiger partial charge in [0.15, 0.2) is 0 Å². The van der Waals surface area contributed by atoms with Gasteiger partial charge in [-0.3, -0.25) is 4.79 Å². The van der Waals surface area contributed by atoms with E-state index in [-0.39, 0.29) is 18.6 Å². The van der Waals surface area contributed by atoms with Crippen LogP contribution in [-0.2, 0) is 4.79 Å². The molecule has 1 aliphatic heterocycles. The van der Waals surface area contributed by atoms with Crippen LogP contribution in [0.15, 0.2) is 24.3 Å². The molecular formula is C15H22N2O3. The van der Waals surface area contributed by atoms with Crippen molar-refractivity contribution in [3.05, 3.63) is 29.8 Å². The predicted molar refractivity (Wildman–Crippen MR) is 76.7 cm³/mol. The number of piperidine rings is 1. The van der Waals surface area contributed by atoms with Gasteiger partial charge in [-0.2, -0.15) is 0 Å². The first kappa shape index (κ1) is 14.8. The van der Waals surface area contributed by atoms with Gasteiger partial charge in [-0.1, -0.05) is 17.7 Å². The molecule has 0 saturated carbocycles. The number of carbonyl (C=O) groups is 1. The Balaban J connectivity index is 1.64. The number of nitrogens with one attached hydrogen (secondary N) is 2. The fraction of sp³-hybridized carbons (Fsp3) is 0.533. The molecule has 1 aromatic carbocycles. The molecular weight excluding hydrogens is 256 g/mol. The molecule has 5 heteroatoms. The van der Waals surface area contributed by atoms with Gasteiger partial charge in [-0.15, -0.1) is 0 Å². The lowest BCUT2D eigenvalue weighted by Crippen LogP contribution is -2.48. The third kappa shape index (κ3) is 4.83. The summed E-state index contributed by atoms with van der Waals surface area (Å²) in [5.74, 6) is 0.867. The van der Waals surface area contributed by atoms with E-state index in [0.29, 0.717) is 19.5 Å². The van der Waals surface area contributed by atoms with Crippen molar-refractivity contribution in [3.63, 3.8) is 0 Å². The maximum Gasteiger partial charge on any atom is 0.220 e. The van der Waals surface area contributed by atoms with Gasteiger partial charge in [0.05, 0.1) is 0 Å². The van der Waals surface area contributed by atoms with Gasteiger partial charge >= 0.3 is 0 Å². The zero-order chi connectivity index (χ0) is 14.4. The summed E-state index contributed by atoms with van der Waals surface area (Å²) in [6.07, 6.45) is 0.805. The van der Waals surface area contributed by atoms with E-state index in [1.54, 1.807) is 0 Å². The van der Waals surface area contributed by atoms with Crippen molar-refractivity contribution >= 4 is 5.91 Å². The molecule has 0 radical (unpaired) electrons. The molecule has 2 rings (SSSR count). The quantitative estimate of drug-likeness (QED) is 0.713. The van der Waals surface area contributed by atoms with Crippen LogP contribution < -0.4 is 15.4 Å². The minimum atomic E-state index is -0.561. The molecule has 0 aromatic heterocycles. The van der Waals surface area contributed by atoms with Crippen LogP contribution in [0.3, 0.4) is 0 Å². The minimum absolute atomic E-state index is 0.103. The van der Waals surface area contributed by atoms with Gasteiger partial charge in [-0.25, -0.2) is 0 Å². The van der Waals surface area contributed by atoms with E-state index in [9.17, 15) is 9.90 Å². The molecule has 2 unspecified atom stereocenters. The van der Waals surface area contributed by atoms with Crippen LogP contribution in [0.25, 0.3) is 0 Å². The summed E-state index contributed by atoms with van der Waals surface area (Å²) < 4.78 is 5.52. The molecule has 0 aliphatic carbocycles. The molecule has 1 saturated heterocycles. The third-order valence-corrected chi connectivity index (χ3v) is 3.37. The smallest absolute Gasteiger partial charge is 0.220 e. The highest BCUT2D eigenvalue weighted by atomic mass is 16.5. The van der Waals surface area contributed by atoms with E-state index >= 15 is 0 Å². The van der Waals surface area contributed by atoms with E-state index in [4.69, 9.17) is 4.74 Å². The molecule has 110 valence electrons. The summed E-state index contributed by atoms with van der Waals surface area (Å²) in [5, 5.41) is 15.9. The van der Waals surface area contributed by atoms with Crippen LogP contribution in [0.1, 0.15) is 18.4 Å². The summed E-state index contributed by atoms with van der Waals surface area (Å²) in [5.41, 5.74) is 1.18. The first-order chi connectivity index (χ1) is 9.63. The van der Waals surface area contributed by atoms with Crippen LogP contribution in [0.4, 0.5) is 0 Å². The van der Waals surface area contributed by atoms with Crippen molar-refractivity contribution in [1.29, 1.82) is 0 Å². The normalized spacial score (nSPS) is 20.3. The maximum atomic E-state index is 11.0. The molecule has 0 bridgehead atoms. The lowest BCUT2D eigenvalue weighted by molar-refractivity contribution is -0.122. The molecule has 2 atom stereocenters. The second kappa shape index (κ2) is 7.26. The summed E-state index contributed by atoms with van der Waals surface area (Å²) in [6.45, 7) is 3.37. The Morgan fingerprint density at radius 2 is 2.20 bits per heavy atom. The van der Waals surface area contributed by atoms with E-state index in [2.05, 4.69) is 10.6 Å². The van der Waals surface area contributed by atoms with Crippen molar-refractivity contribution in [2.24, 2.45) is 0 Å². The van der Waals surface area contributed by atoms with E-state index < -0.39 is 6.10 Å². The number of hydrogen-bond donors (Lipinski definition) is 3. The number of carbonyl (C=O) groups excluding carboxylic acids is 1. The maximum absolute atomic E-state index is 11.0. The Hall–Kier alpha value is -1.59. The van der Waals surface area contributed by atoms with Gasteiger partial charge in [-0.05, 0) is 25.5 Å². The largest absolute Gasteiger partial charge is 0.491 e. The van der Waals surface area contributed by atoms with Crippen molar-refractivity contribution in [2.45, 2.75) is 31.9 Å². The first-order valence-corrected chi connectivity index (χ1v) is 7.01.